The van der Waals surface area contributed by atoms with Crippen LogP contribution in [0.5, 0.6) is 0 Å². The van der Waals surface area contributed by atoms with E-state index in [0.717, 1.165) is 19.3 Å². The van der Waals surface area contributed by atoms with Crippen molar-refractivity contribution < 1.29 is 19.7 Å². The lowest BCUT2D eigenvalue weighted by atomic mass is 9.51. The van der Waals surface area contributed by atoms with Crippen molar-refractivity contribution >= 4 is 0 Å². The van der Waals surface area contributed by atoms with Gasteiger partial charge in [-0.25, -0.2) is 0 Å². The molecule has 4 nitrogen and oxygen atoms in total. The van der Waals surface area contributed by atoms with Crippen LogP contribution in [0.25, 0.3) is 0 Å². The molecule has 1 saturated carbocycles. The van der Waals surface area contributed by atoms with Crippen molar-refractivity contribution in [2.75, 3.05) is 13.6 Å². The van der Waals surface area contributed by atoms with Crippen LogP contribution in [0.15, 0.2) is 35.5 Å². The zero-order valence-corrected chi connectivity index (χ0v) is 15.3. The molecule has 4 aliphatic rings. The van der Waals surface area contributed by atoms with E-state index in [1.807, 2.05) is 0 Å². The van der Waals surface area contributed by atoms with Gasteiger partial charge in [0.15, 0.2) is 0 Å². The highest BCUT2D eigenvalue weighted by atomic mass is 16.6. The van der Waals surface area contributed by atoms with E-state index in [1.165, 1.54) is 18.4 Å². The van der Waals surface area contributed by atoms with Gasteiger partial charge in [0.2, 0.25) is 0 Å². The first-order valence-corrected chi connectivity index (χ1v) is 9.59. The lowest BCUT2D eigenvalue weighted by Gasteiger charge is -2.54. The van der Waals surface area contributed by atoms with Gasteiger partial charge in [-0.2, -0.15) is 0 Å². The normalized spacial score (nSPS) is 45.3. The number of allylic oxidation sites excluding steroid dienone is 3. The number of ether oxygens (including phenoxy) is 2. The van der Waals surface area contributed by atoms with Gasteiger partial charge in [0.1, 0.15) is 13.6 Å². The van der Waals surface area contributed by atoms with Crippen LogP contribution in [0.1, 0.15) is 46.0 Å². The molecule has 2 N–H and O–H groups in total. The first-order chi connectivity index (χ1) is 12.0. The zero-order valence-electron chi connectivity index (χ0n) is 15.3. The Morgan fingerprint density at radius 2 is 1.92 bits per heavy atom. The van der Waals surface area contributed by atoms with E-state index in [1.54, 1.807) is 5.57 Å². The summed E-state index contributed by atoms with van der Waals surface area (Å²) in [4.78, 5) is 0. The van der Waals surface area contributed by atoms with E-state index >= 15 is 0 Å². The average Bonchev–Trinajstić information content (AvgIpc) is 2.93. The first-order valence-electron chi connectivity index (χ1n) is 9.59. The van der Waals surface area contributed by atoms with Crippen LogP contribution < -0.4 is 0 Å². The van der Waals surface area contributed by atoms with E-state index in [-0.39, 0.29) is 36.6 Å². The van der Waals surface area contributed by atoms with Crippen LogP contribution in [-0.4, -0.2) is 36.0 Å². The van der Waals surface area contributed by atoms with Crippen LogP contribution in [0.2, 0.25) is 0 Å². The monoisotopic (exact) mass is 346 g/mol. The largest absolute Gasteiger partial charge is 0.371 e. The van der Waals surface area contributed by atoms with Gasteiger partial charge in [0.05, 0.1) is 12.2 Å². The summed E-state index contributed by atoms with van der Waals surface area (Å²) in [6, 6.07) is 0. The quantitative estimate of drug-likeness (QED) is 0.606. The van der Waals surface area contributed by atoms with Crippen molar-refractivity contribution in [2.24, 2.45) is 22.7 Å². The number of hydrogen-bond donors (Lipinski definition) is 2. The standard InChI is InChI=1S/C21H30O4/c1-20-9-7-15(24-12-22)11-14(20)3-4-16-17-5-6-19(25-13-23)21(17,2)10-8-18(16)20/h5-7,9,14-15,18-19,22-23H,3-4,8,10-13H2,1-2H3/t14?,15?,18-,19?,20+,21+/m1/s1. The third-order valence-corrected chi connectivity index (χ3v) is 7.52. The van der Waals surface area contributed by atoms with Gasteiger partial charge in [-0.15, -0.1) is 0 Å². The summed E-state index contributed by atoms with van der Waals surface area (Å²) in [5, 5.41) is 18.3. The minimum absolute atomic E-state index is 0.00397. The van der Waals surface area contributed by atoms with Gasteiger partial charge >= 0.3 is 0 Å². The second-order valence-corrected chi connectivity index (χ2v) is 8.55. The van der Waals surface area contributed by atoms with E-state index in [4.69, 9.17) is 14.6 Å². The van der Waals surface area contributed by atoms with Gasteiger partial charge in [-0.05, 0) is 54.9 Å². The molecule has 138 valence electrons. The Balaban J connectivity index is 1.67. The van der Waals surface area contributed by atoms with Crippen LogP contribution in [0, 0.1) is 22.7 Å². The lowest BCUT2D eigenvalue weighted by molar-refractivity contribution is -0.0743. The number of aliphatic hydroxyl groups excluding tert-OH is 2. The van der Waals surface area contributed by atoms with Crippen LogP contribution >= 0.6 is 0 Å². The fourth-order valence-corrected chi connectivity index (χ4v) is 6.05. The molecule has 25 heavy (non-hydrogen) atoms. The smallest absolute Gasteiger partial charge is 0.144 e. The Hall–Kier alpha value is -0.940. The Morgan fingerprint density at radius 1 is 1.12 bits per heavy atom. The van der Waals surface area contributed by atoms with Crippen molar-refractivity contribution in [2.45, 2.75) is 58.2 Å². The minimum Gasteiger partial charge on any atom is -0.371 e. The van der Waals surface area contributed by atoms with Gasteiger partial charge < -0.3 is 19.7 Å². The summed E-state index contributed by atoms with van der Waals surface area (Å²) in [6.45, 7) is 4.29. The Morgan fingerprint density at radius 3 is 2.68 bits per heavy atom. The third kappa shape index (κ3) is 2.57. The molecule has 1 fully saturated rings. The Bertz CT molecular complexity index is 621. The number of fused-ring (bicyclic) bond motifs is 4. The van der Waals surface area contributed by atoms with E-state index < -0.39 is 0 Å². The molecular formula is C21H30O4. The second-order valence-electron chi connectivity index (χ2n) is 8.55. The lowest BCUT2D eigenvalue weighted by Crippen LogP contribution is -2.47. The van der Waals surface area contributed by atoms with Crippen LogP contribution in [0.4, 0.5) is 0 Å². The summed E-state index contributed by atoms with van der Waals surface area (Å²) in [5.41, 5.74) is 3.27. The number of rotatable bonds is 4. The predicted octanol–water partition coefficient (Wildman–Crippen LogP) is 3.32. The van der Waals surface area contributed by atoms with E-state index in [9.17, 15) is 5.11 Å². The maximum atomic E-state index is 9.22. The summed E-state index contributed by atoms with van der Waals surface area (Å²) < 4.78 is 11.1. The van der Waals surface area contributed by atoms with Gasteiger partial charge in [-0.3, -0.25) is 0 Å². The highest BCUT2D eigenvalue weighted by Gasteiger charge is 2.53. The molecule has 6 atom stereocenters. The van der Waals surface area contributed by atoms with Crippen molar-refractivity contribution in [3.05, 3.63) is 35.5 Å². The minimum atomic E-state index is -0.217. The van der Waals surface area contributed by atoms with Crippen molar-refractivity contribution in [3.63, 3.8) is 0 Å². The summed E-state index contributed by atoms with van der Waals surface area (Å²) in [5.74, 6) is 1.20. The average molecular weight is 346 g/mol. The summed E-state index contributed by atoms with van der Waals surface area (Å²) in [6.07, 6.45) is 14.6. The highest BCUT2D eigenvalue weighted by molar-refractivity contribution is 5.45. The van der Waals surface area contributed by atoms with E-state index in [0.29, 0.717) is 11.8 Å². The molecule has 0 bridgehead atoms. The molecular weight excluding hydrogens is 316 g/mol. The third-order valence-electron chi connectivity index (χ3n) is 7.52. The predicted molar refractivity (Wildman–Crippen MR) is 95.5 cm³/mol. The van der Waals surface area contributed by atoms with Crippen LogP contribution in [-0.2, 0) is 9.47 Å². The van der Waals surface area contributed by atoms with E-state index in [2.05, 4.69) is 38.2 Å². The molecule has 0 radical (unpaired) electrons. The molecule has 4 heteroatoms. The molecule has 4 aliphatic carbocycles. The maximum absolute atomic E-state index is 9.22. The second kappa shape index (κ2) is 6.34. The summed E-state index contributed by atoms with van der Waals surface area (Å²) in [7, 11) is 0. The molecule has 0 amide bonds. The molecule has 0 aromatic carbocycles. The molecule has 0 saturated heterocycles. The molecule has 4 rings (SSSR count). The van der Waals surface area contributed by atoms with Crippen LogP contribution in [0.3, 0.4) is 0 Å². The van der Waals surface area contributed by atoms with Crippen molar-refractivity contribution in [1.29, 1.82) is 0 Å². The molecule has 0 aliphatic heterocycles. The topological polar surface area (TPSA) is 58.9 Å². The number of hydrogen-bond acceptors (Lipinski definition) is 4. The Labute approximate surface area is 150 Å². The van der Waals surface area contributed by atoms with Crippen molar-refractivity contribution in [3.8, 4) is 0 Å². The SMILES string of the molecule is C[C@]12CC[C@@H]3C(=C1C=CC2OCO)CCC1CC(OCO)C=C[C@@]13C. The summed E-state index contributed by atoms with van der Waals surface area (Å²) >= 11 is 0. The fourth-order valence-electron chi connectivity index (χ4n) is 6.05. The molecule has 0 aromatic rings. The van der Waals surface area contributed by atoms with Gasteiger partial charge in [0.25, 0.3) is 0 Å². The zero-order chi connectivity index (χ0) is 17.7. The van der Waals surface area contributed by atoms with Gasteiger partial charge in [-0.1, -0.05) is 43.7 Å². The Kier molecular flexibility index (Phi) is 4.43. The van der Waals surface area contributed by atoms with Gasteiger partial charge in [0, 0.05) is 5.41 Å². The molecule has 0 spiro atoms. The molecule has 0 aromatic heterocycles. The number of aliphatic hydroxyl groups is 2. The molecule has 0 heterocycles. The maximum Gasteiger partial charge on any atom is 0.144 e. The van der Waals surface area contributed by atoms with Crippen molar-refractivity contribution in [1.82, 2.24) is 0 Å². The molecule has 3 unspecified atom stereocenters. The fraction of sp³-hybridized carbons (Fsp3) is 0.714. The first kappa shape index (κ1) is 17.5. The highest BCUT2D eigenvalue weighted by Crippen LogP contribution is 2.61.